The summed E-state index contributed by atoms with van der Waals surface area (Å²) in [6, 6.07) is 8.37. The molecule has 1 atom stereocenters. The fraction of sp³-hybridized carbons (Fsp3) is 0.263. The van der Waals surface area contributed by atoms with E-state index in [1.807, 2.05) is 21.5 Å². The molecule has 1 aliphatic rings. The number of ether oxygens (including phenoxy) is 1. The molecule has 0 N–H and O–H groups in total. The zero-order chi connectivity index (χ0) is 18.4. The van der Waals surface area contributed by atoms with E-state index in [-0.39, 0.29) is 6.10 Å². The average Bonchev–Trinajstić information content (AvgIpc) is 3.40. The number of aryl methyl sites for hydroxylation is 2. The van der Waals surface area contributed by atoms with Crippen molar-refractivity contribution in [2.75, 3.05) is 0 Å². The normalized spacial score (nSPS) is 16.4. The molecule has 27 heavy (non-hydrogen) atoms. The summed E-state index contributed by atoms with van der Waals surface area (Å²) in [5, 5.41) is 16.6. The third-order valence-corrected chi connectivity index (χ3v) is 5.46. The van der Waals surface area contributed by atoms with E-state index in [4.69, 9.17) is 9.26 Å². The smallest absolute Gasteiger partial charge is 0.280 e. The molecular weight excluding hydrogens is 362 g/mol. The van der Waals surface area contributed by atoms with Crippen molar-refractivity contribution in [3.05, 3.63) is 57.4 Å². The highest BCUT2D eigenvalue weighted by Gasteiger charge is 2.28. The van der Waals surface area contributed by atoms with Crippen molar-refractivity contribution >= 4 is 11.3 Å². The average molecular weight is 379 g/mol. The van der Waals surface area contributed by atoms with Crippen LogP contribution in [0.3, 0.4) is 0 Å². The molecule has 0 aliphatic carbocycles. The van der Waals surface area contributed by atoms with Crippen molar-refractivity contribution in [3.63, 3.8) is 0 Å². The van der Waals surface area contributed by atoms with Crippen LogP contribution in [0.4, 0.5) is 0 Å². The fourth-order valence-corrected chi connectivity index (χ4v) is 4.02. The number of aromatic nitrogens is 5. The van der Waals surface area contributed by atoms with Crippen LogP contribution in [0.1, 0.15) is 28.5 Å². The van der Waals surface area contributed by atoms with Crippen LogP contribution in [-0.4, -0.2) is 25.1 Å². The van der Waals surface area contributed by atoms with E-state index in [0.29, 0.717) is 30.6 Å². The molecule has 0 fully saturated rings. The molecule has 0 amide bonds. The highest BCUT2D eigenvalue weighted by molar-refractivity contribution is 7.08. The SMILES string of the molecule is Cc1ccc([C@@H]2Cn3nnc(-c4nc(-c5ccsc5)no4)c3CO2)c(C)c1. The van der Waals surface area contributed by atoms with Crippen LogP contribution < -0.4 is 0 Å². The second kappa shape index (κ2) is 6.40. The first kappa shape index (κ1) is 16.3. The number of nitrogens with zero attached hydrogens (tertiary/aromatic N) is 5. The van der Waals surface area contributed by atoms with Crippen molar-refractivity contribution in [1.29, 1.82) is 0 Å². The number of thiophene rings is 1. The summed E-state index contributed by atoms with van der Waals surface area (Å²) in [5.41, 5.74) is 6.03. The molecule has 4 heterocycles. The lowest BCUT2D eigenvalue weighted by atomic mass is 10.0. The lowest BCUT2D eigenvalue weighted by Gasteiger charge is -2.25. The van der Waals surface area contributed by atoms with Crippen LogP contribution in [0.15, 0.2) is 39.5 Å². The lowest BCUT2D eigenvalue weighted by molar-refractivity contribution is -0.00153. The van der Waals surface area contributed by atoms with Crippen molar-refractivity contribution < 1.29 is 9.26 Å². The Hall–Kier alpha value is -2.84. The molecule has 0 saturated carbocycles. The number of hydrogen-bond acceptors (Lipinski definition) is 7. The topological polar surface area (TPSA) is 78.9 Å². The zero-order valence-corrected chi connectivity index (χ0v) is 15.7. The van der Waals surface area contributed by atoms with Crippen molar-refractivity contribution in [1.82, 2.24) is 25.1 Å². The number of benzene rings is 1. The summed E-state index contributed by atoms with van der Waals surface area (Å²) in [6.07, 6.45) is -0.0447. The van der Waals surface area contributed by atoms with Gasteiger partial charge in [-0.25, -0.2) is 4.68 Å². The number of hydrogen-bond donors (Lipinski definition) is 0. The van der Waals surface area contributed by atoms with E-state index in [2.05, 4.69) is 52.5 Å². The molecule has 1 aliphatic heterocycles. The van der Waals surface area contributed by atoms with Gasteiger partial charge in [-0.15, -0.1) is 5.10 Å². The molecule has 0 spiro atoms. The number of fused-ring (bicyclic) bond motifs is 1. The van der Waals surface area contributed by atoms with Gasteiger partial charge in [0.05, 0.1) is 18.8 Å². The first-order valence-electron chi connectivity index (χ1n) is 8.67. The van der Waals surface area contributed by atoms with Gasteiger partial charge < -0.3 is 9.26 Å². The van der Waals surface area contributed by atoms with Gasteiger partial charge in [0.2, 0.25) is 5.82 Å². The van der Waals surface area contributed by atoms with Gasteiger partial charge in [-0.3, -0.25) is 0 Å². The molecule has 5 rings (SSSR count). The van der Waals surface area contributed by atoms with Crippen LogP contribution in [0, 0.1) is 13.8 Å². The first-order chi connectivity index (χ1) is 13.2. The van der Waals surface area contributed by atoms with E-state index < -0.39 is 0 Å². The minimum Gasteiger partial charge on any atom is -0.365 e. The maximum absolute atomic E-state index is 6.12. The monoisotopic (exact) mass is 379 g/mol. The molecule has 4 aromatic rings. The van der Waals surface area contributed by atoms with Gasteiger partial charge in [-0.2, -0.15) is 16.3 Å². The van der Waals surface area contributed by atoms with Gasteiger partial charge in [0.25, 0.3) is 5.89 Å². The molecule has 0 unspecified atom stereocenters. The van der Waals surface area contributed by atoms with E-state index in [1.54, 1.807) is 11.3 Å². The summed E-state index contributed by atoms with van der Waals surface area (Å²) < 4.78 is 13.4. The van der Waals surface area contributed by atoms with E-state index in [9.17, 15) is 0 Å². The van der Waals surface area contributed by atoms with Crippen LogP contribution in [0.25, 0.3) is 23.0 Å². The summed E-state index contributed by atoms with van der Waals surface area (Å²) in [6.45, 7) is 5.21. The Morgan fingerprint density at radius 1 is 1.22 bits per heavy atom. The molecule has 3 aromatic heterocycles. The van der Waals surface area contributed by atoms with Crippen LogP contribution in [0.5, 0.6) is 0 Å². The van der Waals surface area contributed by atoms with E-state index in [0.717, 1.165) is 11.3 Å². The first-order valence-corrected chi connectivity index (χ1v) is 9.61. The van der Waals surface area contributed by atoms with Crippen LogP contribution >= 0.6 is 11.3 Å². The Morgan fingerprint density at radius 2 is 2.15 bits per heavy atom. The lowest BCUT2D eigenvalue weighted by Crippen LogP contribution is -2.22. The minimum atomic E-state index is -0.0447. The molecule has 0 bridgehead atoms. The predicted octanol–water partition coefficient (Wildman–Crippen LogP) is 3.94. The second-order valence-corrected chi connectivity index (χ2v) is 7.44. The Kier molecular flexibility index (Phi) is 3.87. The van der Waals surface area contributed by atoms with Crippen molar-refractivity contribution in [3.8, 4) is 23.0 Å². The molecule has 1 aromatic carbocycles. The fourth-order valence-electron chi connectivity index (χ4n) is 3.38. The molecule has 7 nitrogen and oxygen atoms in total. The minimum absolute atomic E-state index is 0.0447. The Balaban J connectivity index is 1.43. The van der Waals surface area contributed by atoms with Crippen molar-refractivity contribution in [2.45, 2.75) is 33.1 Å². The van der Waals surface area contributed by atoms with Gasteiger partial charge in [-0.1, -0.05) is 34.1 Å². The van der Waals surface area contributed by atoms with Crippen LogP contribution in [-0.2, 0) is 17.9 Å². The van der Waals surface area contributed by atoms with Gasteiger partial charge in [0.1, 0.15) is 6.10 Å². The number of rotatable bonds is 3. The Bertz CT molecular complexity index is 1100. The molecule has 136 valence electrons. The maximum atomic E-state index is 6.12. The van der Waals surface area contributed by atoms with Gasteiger partial charge in [0.15, 0.2) is 5.69 Å². The summed E-state index contributed by atoms with van der Waals surface area (Å²) >= 11 is 1.59. The molecule has 8 heteroatoms. The standard InChI is InChI=1S/C19H17N5O2S/c1-11-3-4-14(12(2)7-11)16-8-24-15(9-25-16)17(21-23-24)19-20-18(22-26-19)13-5-6-27-10-13/h3-7,10,16H,8-9H2,1-2H3/t16-/m0/s1. The highest BCUT2D eigenvalue weighted by Crippen LogP contribution is 2.32. The van der Waals surface area contributed by atoms with Gasteiger partial charge in [0, 0.05) is 10.9 Å². The van der Waals surface area contributed by atoms with Crippen molar-refractivity contribution in [2.24, 2.45) is 0 Å². The summed E-state index contributed by atoms with van der Waals surface area (Å²) in [4.78, 5) is 4.46. The Labute approximate surface area is 159 Å². The third-order valence-electron chi connectivity index (χ3n) is 4.78. The Morgan fingerprint density at radius 3 is 2.96 bits per heavy atom. The molecule has 0 saturated heterocycles. The van der Waals surface area contributed by atoms with E-state index >= 15 is 0 Å². The van der Waals surface area contributed by atoms with Gasteiger partial charge >= 0.3 is 0 Å². The summed E-state index contributed by atoms with van der Waals surface area (Å²) in [5.74, 6) is 0.920. The quantitative estimate of drug-likeness (QED) is 0.536. The largest absolute Gasteiger partial charge is 0.365 e. The maximum Gasteiger partial charge on any atom is 0.280 e. The van der Waals surface area contributed by atoms with E-state index in [1.165, 1.54) is 16.7 Å². The summed E-state index contributed by atoms with van der Waals surface area (Å²) in [7, 11) is 0. The molecular formula is C19H17N5O2S. The predicted molar refractivity (Wildman–Crippen MR) is 100 cm³/mol. The zero-order valence-electron chi connectivity index (χ0n) is 14.9. The highest BCUT2D eigenvalue weighted by atomic mass is 32.1. The third kappa shape index (κ3) is 2.87. The van der Waals surface area contributed by atoms with Gasteiger partial charge in [-0.05, 0) is 36.4 Å². The van der Waals surface area contributed by atoms with Crippen LogP contribution in [0.2, 0.25) is 0 Å². The molecule has 0 radical (unpaired) electrons. The second-order valence-electron chi connectivity index (χ2n) is 6.66.